The highest BCUT2D eigenvalue weighted by molar-refractivity contribution is 7.80. The highest BCUT2D eigenvalue weighted by atomic mass is 32.3. The van der Waals surface area contributed by atoms with Crippen LogP contribution < -0.4 is 0 Å². The Hall–Kier alpha value is -1.42. The van der Waals surface area contributed by atoms with Crippen molar-refractivity contribution in [3.05, 3.63) is 24.3 Å². The molecule has 0 aromatic rings. The zero-order valence-electron chi connectivity index (χ0n) is 36.4. The lowest BCUT2D eigenvalue weighted by molar-refractivity contribution is -0.301. The van der Waals surface area contributed by atoms with Gasteiger partial charge in [-0.25, -0.2) is 4.18 Å². The molecule has 0 aliphatic carbocycles. The summed E-state index contributed by atoms with van der Waals surface area (Å²) in [6.07, 6.45) is 32.2. The molecular weight excluding hydrogens is 765 g/mol. The first-order valence-corrected chi connectivity index (χ1v) is 24.5. The quantitative estimate of drug-likeness (QED) is 0.0199. The first kappa shape index (κ1) is 54.6. The molecule has 4 N–H and O–H groups in total. The molecule has 12 nitrogen and oxygen atoms in total. The molecule has 1 rings (SSSR count). The van der Waals surface area contributed by atoms with Gasteiger partial charge in [0.2, 0.25) is 0 Å². The third-order valence-electron chi connectivity index (χ3n) is 10.5. The number of aliphatic hydroxyl groups excluding tert-OH is 3. The Balaban J connectivity index is 2.37. The summed E-state index contributed by atoms with van der Waals surface area (Å²) in [6.45, 7) is 3.94. The van der Waals surface area contributed by atoms with Gasteiger partial charge in [0, 0.05) is 13.0 Å². The molecule has 0 spiro atoms. The average Bonchev–Trinajstić information content (AvgIpc) is 3.19. The van der Waals surface area contributed by atoms with Crippen LogP contribution in [0.15, 0.2) is 24.3 Å². The molecule has 13 heteroatoms. The minimum Gasteiger partial charge on any atom is -0.457 e. The number of hydrogen-bond acceptors (Lipinski definition) is 11. The molecule has 1 saturated heterocycles. The van der Waals surface area contributed by atoms with Crippen LogP contribution in [0.5, 0.6) is 0 Å². The molecule has 6 atom stereocenters. The molecule has 1 aliphatic rings. The Morgan fingerprint density at radius 1 is 0.638 bits per heavy atom. The van der Waals surface area contributed by atoms with Gasteiger partial charge in [0.05, 0.1) is 19.8 Å². The van der Waals surface area contributed by atoms with Gasteiger partial charge in [0.1, 0.15) is 30.5 Å². The van der Waals surface area contributed by atoms with Crippen LogP contribution in [0, 0.1) is 0 Å². The van der Waals surface area contributed by atoms with Gasteiger partial charge in [0.25, 0.3) is 0 Å². The molecule has 0 saturated carbocycles. The van der Waals surface area contributed by atoms with E-state index in [1.165, 1.54) is 109 Å². The van der Waals surface area contributed by atoms with E-state index in [-0.39, 0.29) is 19.6 Å². The molecule has 6 unspecified atom stereocenters. The molecule has 58 heavy (non-hydrogen) atoms. The SMILES string of the molecule is CCCC/C=C\CCCCCCCC(=O)OC(COCCCCCCCCCCCC/C=C\CCCCCCCC)COC1OC(CO)C(O)C(OS(=O)(=O)O)C1O. The first-order chi connectivity index (χ1) is 28.1. The van der Waals surface area contributed by atoms with Crippen LogP contribution in [0.1, 0.15) is 194 Å². The van der Waals surface area contributed by atoms with Crippen LogP contribution >= 0.6 is 0 Å². The minimum atomic E-state index is -5.06. The van der Waals surface area contributed by atoms with Gasteiger partial charge in [-0.3, -0.25) is 9.35 Å². The molecule has 1 aliphatic heterocycles. The standard InChI is InChI=1S/C45H84O12S/c1-3-5-7-9-11-13-15-16-17-18-19-20-21-22-23-25-27-29-31-33-35-53-37-39(55-41(47)34-32-30-28-26-24-14-12-10-8-6-4-2)38-54-45-43(49)44(57-58(50,51)52)42(48)40(36-46)56-45/h10,12,16-17,39-40,42-46,48-49H,3-9,11,13-15,18-38H2,1-2H3,(H,50,51,52)/b12-10-,17-16-. The average molecular weight is 849 g/mol. The third-order valence-corrected chi connectivity index (χ3v) is 11.0. The fraction of sp³-hybridized carbons (Fsp3) is 0.889. The van der Waals surface area contributed by atoms with E-state index in [2.05, 4.69) is 42.3 Å². The number of rotatable bonds is 40. The number of hydrogen-bond donors (Lipinski definition) is 4. The summed E-state index contributed by atoms with van der Waals surface area (Å²) in [7, 11) is -5.06. The maximum absolute atomic E-state index is 12.8. The molecule has 1 heterocycles. The lowest BCUT2D eigenvalue weighted by atomic mass is 9.99. The molecule has 0 aromatic carbocycles. The normalized spacial score (nSPS) is 20.7. The van der Waals surface area contributed by atoms with Gasteiger partial charge in [0.15, 0.2) is 6.29 Å². The third kappa shape index (κ3) is 30.6. The van der Waals surface area contributed by atoms with E-state index in [1.54, 1.807) is 0 Å². The Morgan fingerprint density at radius 2 is 1.10 bits per heavy atom. The second-order valence-electron chi connectivity index (χ2n) is 16.0. The number of unbranched alkanes of at least 4 members (excludes halogenated alkanes) is 23. The molecular formula is C45H84O12S. The summed E-state index contributed by atoms with van der Waals surface area (Å²) >= 11 is 0. The fourth-order valence-corrected chi connectivity index (χ4v) is 7.51. The van der Waals surface area contributed by atoms with Crippen molar-refractivity contribution in [2.24, 2.45) is 0 Å². The van der Waals surface area contributed by atoms with E-state index in [1.807, 2.05) is 0 Å². The summed E-state index contributed by atoms with van der Waals surface area (Å²) in [6, 6.07) is 0. The van der Waals surface area contributed by atoms with E-state index >= 15 is 0 Å². The zero-order chi connectivity index (χ0) is 42.5. The maximum atomic E-state index is 12.8. The van der Waals surface area contributed by atoms with E-state index < -0.39 is 59.8 Å². The monoisotopic (exact) mass is 849 g/mol. The molecule has 342 valence electrons. The minimum absolute atomic E-state index is 0.0340. The Bertz CT molecular complexity index is 1120. The maximum Gasteiger partial charge on any atom is 0.397 e. The van der Waals surface area contributed by atoms with Crippen molar-refractivity contribution < 1.29 is 56.2 Å². The van der Waals surface area contributed by atoms with Gasteiger partial charge in [-0.05, 0) is 57.8 Å². The Kier molecular flexibility index (Phi) is 35.2. The largest absolute Gasteiger partial charge is 0.457 e. The Labute approximate surface area is 352 Å². The van der Waals surface area contributed by atoms with Crippen LogP contribution in [0.25, 0.3) is 0 Å². The van der Waals surface area contributed by atoms with Crippen LogP contribution in [-0.4, -0.2) is 97.5 Å². The molecule has 0 radical (unpaired) electrons. The van der Waals surface area contributed by atoms with Crippen molar-refractivity contribution in [2.45, 2.75) is 230 Å². The molecule has 0 amide bonds. The summed E-state index contributed by atoms with van der Waals surface area (Å²) in [5.74, 6) is -0.409. The predicted octanol–water partition coefficient (Wildman–Crippen LogP) is 9.63. The predicted molar refractivity (Wildman–Crippen MR) is 230 cm³/mol. The van der Waals surface area contributed by atoms with Gasteiger partial charge < -0.3 is 34.3 Å². The smallest absolute Gasteiger partial charge is 0.397 e. The first-order valence-electron chi connectivity index (χ1n) is 23.1. The van der Waals surface area contributed by atoms with Gasteiger partial charge >= 0.3 is 16.4 Å². The van der Waals surface area contributed by atoms with Crippen molar-refractivity contribution in [3.8, 4) is 0 Å². The number of aliphatic hydroxyl groups is 3. The highest BCUT2D eigenvalue weighted by Gasteiger charge is 2.48. The lowest BCUT2D eigenvalue weighted by Crippen LogP contribution is -2.60. The van der Waals surface area contributed by atoms with Crippen molar-refractivity contribution >= 4 is 16.4 Å². The van der Waals surface area contributed by atoms with E-state index in [4.69, 9.17) is 23.5 Å². The van der Waals surface area contributed by atoms with Crippen LogP contribution in [0.3, 0.4) is 0 Å². The van der Waals surface area contributed by atoms with E-state index in [9.17, 15) is 28.5 Å². The number of ether oxygens (including phenoxy) is 4. The van der Waals surface area contributed by atoms with Gasteiger partial charge in [-0.2, -0.15) is 8.42 Å². The van der Waals surface area contributed by atoms with E-state index in [0.717, 1.165) is 57.8 Å². The molecule has 1 fully saturated rings. The highest BCUT2D eigenvalue weighted by Crippen LogP contribution is 2.26. The lowest BCUT2D eigenvalue weighted by Gasteiger charge is -2.41. The number of esters is 1. The summed E-state index contributed by atoms with van der Waals surface area (Å²) in [4.78, 5) is 12.8. The van der Waals surface area contributed by atoms with Crippen LogP contribution in [0.4, 0.5) is 0 Å². The number of carbonyl (C=O) groups excluding carboxylic acids is 1. The Morgan fingerprint density at radius 3 is 1.60 bits per heavy atom. The summed E-state index contributed by atoms with van der Waals surface area (Å²) < 4.78 is 59.0. The second kappa shape index (κ2) is 37.4. The van der Waals surface area contributed by atoms with Crippen molar-refractivity contribution in [2.75, 3.05) is 26.4 Å². The van der Waals surface area contributed by atoms with Crippen LogP contribution in [0.2, 0.25) is 0 Å². The van der Waals surface area contributed by atoms with Gasteiger partial charge in [-0.1, -0.05) is 154 Å². The van der Waals surface area contributed by atoms with Crippen molar-refractivity contribution in [3.63, 3.8) is 0 Å². The van der Waals surface area contributed by atoms with Gasteiger partial charge in [-0.15, -0.1) is 0 Å². The second-order valence-corrected chi connectivity index (χ2v) is 17.0. The van der Waals surface area contributed by atoms with E-state index in [0.29, 0.717) is 13.0 Å². The summed E-state index contributed by atoms with van der Waals surface area (Å²) in [5, 5.41) is 30.6. The number of carbonyl (C=O) groups is 1. The number of allylic oxidation sites excluding steroid dienone is 4. The van der Waals surface area contributed by atoms with Crippen molar-refractivity contribution in [1.29, 1.82) is 0 Å². The fourth-order valence-electron chi connectivity index (χ4n) is 7.00. The van der Waals surface area contributed by atoms with Crippen molar-refractivity contribution in [1.82, 2.24) is 0 Å². The molecule has 0 aromatic heterocycles. The van der Waals surface area contributed by atoms with Crippen LogP contribution in [-0.2, 0) is 38.3 Å². The summed E-state index contributed by atoms with van der Waals surface area (Å²) in [5.41, 5.74) is 0. The molecule has 0 bridgehead atoms. The zero-order valence-corrected chi connectivity index (χ0v) is 37.2. The topological polar surface area (TPSA) is 178 Å².